The molecule has 2 heteroatoms. The SMILES string of the molecule is CC(C)(C)CPCCl. The molecule has 50 valence electrons. The quantitative estimate of drug-likeness (QED) is 0.422. The molecule has 0 nitrogen and oxygen atoms in total. The van der Waals surface area contributed by atoms with Crippen molar-refractivity contribution in [2.24, 2.45) is 5.41 Å². The molecular weight excluding hydrogens is 138 g/mol. The lowest BCUT2D eigenvalue weighted by molar-refractivity contribution is 0.479. The summed E-state index contributed by atoms with van der Waals surface area (Å²) >= 11 is 5.52. The average molecular weight is 153 g/mol. The molecule has 0 aliphatic heterocycles. The molecule has 0 aliphatic rings. The number of hydrogen-bond acceptors (Lipinski definition) is 0. The standard InChI is InChI=1S/C6H14ClP/c1-6(2,3)4-8-5-7/h8H,4-5H2,1-3H3. The van der Waals surface area contributed by atoms with Gasteiger partial charge in [-0.3, -0.25) is 0 Å². The third-order valence-corrected chi connectivity index (χ3v) is 2.82. The van der Waals surface area contributed by atoms with Gasteiger partial charge >= 0.3 is 0 Å². The van der Waals surface area contributed by atoms with E-state index in [4.69, 9.17) is 11.6 Å². The summed E-state index contributed by atoms with van der Waals surface area (Å²) in [6, 6.07) is 0. The van der Waals surface area contributed by atoms with Crippen LogP contribution in [0, 0.1) is 5.41 Å². The largest absolute Gasteiger partial charge is 0.122 e. The topological polar surface area (TPSA) is 0 Å². The van der Waals surface area contributed by atoms with E-state index in [9.17, 15) is 0 Å². The summed E-state index contributed by atoms with van der Waals surface area (Å²) in [7, 11) is 0.932. The van der Waals surface area contributed by atoms with Gasteiger partial charge in [0.05, 0.1) is 0 Å². The van der Waals surface area contributed by atoms with E-state index in [0.717, 1.165) is 14.2 Å². The Kier molecular flexibility index (Phi) is 4.02. The minimum absolute atomic E-state index is 0.479. The van der Waals surface area contributed by atoms with Crippen LogP contribution < -0.4 is 0 Å². The maximum Gasteiger partial charge on any atom is 0.0395 e. The van der Waals surface area contributed by atoms with Gasteiger partial charge in [0, 0.05) is 5.62 Å². The predicted octanol–water partition coefficient (Wildman–Crippen LogP) is 2.91. The predicted molar refractivity (Wildman–Crippen MR) is 43.4 cm³/mol. The third kappa shape index (κ3) is 6.72. The first-order valence-electron chi connectivity index (χ1n) is 2.83. The zero-order valence-electron chi connectivity index (χ0n) is 5.79. The molecule has 0 saturated heterocycles. The average Bonchev–Trinajstić information content (AvgIpc) is 1.59. The van der Waals surface area contributed by atoms with Crippen molar-refractivity contribution in [1.82, 2.24) is 0 Å². The molecule has 0 spiro atoms. The summed E-state index contributed by atoms with van der Waals surface area (Å²) < 4.78 is 0. The Bertz CT molecular complexity index is 56.0. The first kappa shape index (κ1) is 8.72. The monoisotopic (exact) mass is 152 g/mol. The molecule has 0 heterocycles. The van der Waals surface area contributed by atoms with Gasteiger partial charge < -0.3 is 0 Å². The van der Waals surface area contributed by atoms with Crippen LogP contribution >= 0.6 is 20.2 Å². The molecule has 0 saturated carbocycles. The van der Waals surface area contributed by atoms with E-state index in [1.54, 1.807) is 0 Å². The van der Waals surface area contributed by atoms with Crippen molar-refractivity contribution in [1.29, 1.82) is 0 Å². The molecule has 8 heavy (non-hydrogen) atoms. The summed E-state index contributed by atoms with van der Waals surface area (Å²) in [4.78, 5) is 0. The van der Waals surface area contributed by atoms with Crippen LogP contribution in [-0.4, -0.2) is 11.8 Å². The summed E-state index contributed by atoms with van der Waals surface area (Å²) in [5.74, 6) is 0. The second-order valence-corrected chi connectivity index (χ2v) is 5.04. The Labute approximate surface area is 58.8 Å². The van der Waals surface area contributed by atoms with Crippen molar-refractivity contribution >= 4 is 20.2 Å². The first-order valence-corrected chi connectivity index (χ1v) is 4.78. The molecule has 1 atom stereocenters. The number of alkyl halides is 1. The molecule has 0 aromatic rings. The molecule has 0 N–H and O–H groups in total. The van der Waals surface area contributed by atoms with E-state index < -0.39 is 0 Å². The molecule has 1 unspecified atom stereocenters. The summed E-state index contributed by atoms with van der Waals surface area (Å²) in [5, 5.41) is 0. The summed E-state index contributed by atoms with van der Waals surface area (Å²) in [6.45, 7) is 6.73. The fraction of sp³-hybridized carbons (Fsp3) is 1.00. The van der Waals surface area contributed by atoms with E-state index in [1.807, 2.05) is 0 Å². The molecule has 0 bridgehead atoms. The van der Waals surface area contributed by atoms with Crippen LogP contribution in [0.5, 0.6) is 0 Å². The Morgan fingerprint density at radius 1 is 1.38 bits per heavy atom. The fourth-order valence-corrected chi connectivity index (χ4v) is 1.55. The van der Waals surface area contributed by atoms with Crippen LogP contribution in [0.15, 0.2) is 0 Å². The Balaban J connectivity index is 3.11. The van der Waals surface area contributed by atoms with E-state index in [0.29, 0.717) is 5.41 Å². The smallest absolute Gasteiger partial charge is 0.0395 e. The Morgan fingerprint density at radius 2 is 1.88 bits per heavy atom. The highest BCUT2D eigenvalue weighted by atomic mass is 35.5. The van der Waals surface area contributed by atoms with Crippen molar-refractivity contribution in [3.05, 3.63) is 0 Å². The van der Waals surface area contributed by atoms with Crippen LogP contribution in [0.25, 0.3) is 0 Å². The minimum atomic E-state index is 0.479. The van der Waals surface area contributed by atoms with E-state index in [1.165, 1.54) is 6.16 Å². The van der Waals surface area contributed by atoms with Gasteiger partial charge in [-0.25, -0.2) is 0 Å². The van der Waals surface area contributed by atoms with Crippen molar-refractivity contribution in [3.63, 3.8) is 0 Å². The molecule has 0 rings (SSSR count). The van der Waals surface area contributed by atoms with Crippen LogP contribution in [0.1, 0.15) is 20.8 Å². The lowest BCUT2D eigenvalue weighted by atomic mass is 10.0. The molecule has 0 fully saturated rings. The molecular formula is C6H14ClP. The highest BCUT2D eigenvalue weighted by Crippen LogP contribution is 2.25. The van der Waals surface area contributed by atoms with Crippen LogP contribution in [0.3, 0.4) is 0 Å². The zero-order valence-corrected chi connectivity index (χ0v) is 7.55. The van der Waals surface area contributed by atoms with Crippen molar-refractivity contribution in [3.8, 4) is 0 Å². The van der Waals surface area contributed by atoms with Crippen molar-refractivity contribution in [2.45, 2.75) is 20.8 Å². The summed E-state index contributed by atoms with van der Waals surface area (Å²) in [6.07, 6.45) is 1.26. The van der Waals surface area contributed by atoms with E-state index in [-0.39, 0.29) is 0 Å². The molecule has 0 aromatic heterocycles. The highest BCUT2D eigenvalue weighted by molar-refractivity contribution is 7.40. The number of halogens is 1. The van der Waals surface area contributed by atoms with Gasteiger partial charge in [0.15, 0.2) is 0 Å². The molecule has 0 aromatic carbocycles. The number of hydrogen-bond donors (Lipinski definition) is 0. The Hall–Kier alpha value is 0.720. The van der Waals surface area contributed by atoms with Gasteiger partial charge in [-0.2, -0.15) is 0 Å². The number of rotatable bonds is 2. The van der Waals surface area contributed by atoms with Crippen LogP contribution in [0.4, 0.5) is 0 Å². The first-order chi connectivity index (χ1) is 3.56. The van der Waals surface area contributed by atoms with Gasteiger partial charge in [-0.05, 0) is 11.6 Å². The highest BCUT2D eigenvalue weighted by Gasteiger charge is 2.07. The molecule has 0 aliphatic carbocycles. The van der Waals surface area contributed by atoms with Gasteiger partial charge in [0.2, 0.25) is 0 Å². The van der Waals surface area contributed by atoms with Gasteiger partial charge in [-0.15, -0.1) is 20.2 Å². The van der Waals surface area contributed by atoms with Crippen molar-refractivity contribution < 1.29 is 0 Å². The van der Waals surface area contributed by atoms with Crippen LogP contribution in [0.2, 0.25) is 0 Å². The van der Waals surface area contributed by atoms with E-state index in [2.05, 4.69) is 20.8 Å². The molecule has 0 radical (unpaired) electrons. The van der Waals surface area contributed by atoms with Gasteiger partial charge in [-0.1, -0.05) is 20.8 Å². The molecule has 0 amide bonds. The minimum Gasteiger partial charge on any atom is -0.122 e. The van der Waals surface area contributed by atoms with Crippen molar-refractivity contribution in [2.75, 3.05) is 11.8 Å². The maximum atomic E-state index is 5.52. The maximum absolute atomic E-state index is 5.52. The van der Waals surface area contributed by atoms with Gasteiger partial charge in [0.25, 0.3) is 0 Å². The van der Waals surface area contributed by atoms with Gasteiger partial charge in [0.1, 0.15) is 0 Å². The lowest BCUT2D eigenvalue weighted by Gasteiger charge is -2.16. The third-order valence-electron chi connectivity index (χ3n) is 0.750. The normalized spacial score (nSPS) is 13.5. The second-order valence-electron chi connectivity index (χ2n) is 3.12. The summed E-state index contributed by atoms with van der Waals surface area (Å²) in [5.41, 5.74) is 1.31. The van der Waals surface area contributed by atoms with E-state index >= 15 is 0 Å². The zero-order chi connectivity index (χ0) is 6.62. The Morgan fingerprint density at radius 3 is 2.00 bits per heavy atom. The second kappa shape index (κ2) is 3.69. The fourth-order valence-electron chi connectivity index (χ4n) is 0.422. The lowest BCUT2D eigenvalue weighted by Crippen LogP contribution is -2.06. The van der Waals surface area contributed by atoms with Crippen LogP contribution in [-0.2, 0) is 0 Å².